The van der Waals surface area contributed by atoms with Gasteiger partial charge in [0, 0.05) is 0 Å². The Morgan fingerprint density at radius 2 is 1.88 bits per heavy atom. The normalized spacial score (nSPS) is 14.9. The molecule has 0 radical (unpaired) electrons. The summed E-state index contributed by atoms with van der Waals surface area (Å²) in [5.41, 5.74) is 0. The molecule has 16 heavy (non-hydrogen) atoms. The SMILES string of the molecule is CCCC(C)C(NCC(C)C)C(=O)OCC. The van der Waals surface area contributed by atoms with E-state index in [0.717, 1.165) is 19.4 Å². The van der Waals surface area contributed by atoms with E-state index in [1.807, 2.05) is 6.92 Å². The van der Waals surface area contributed by atoms with Gasteiger partial charge in [-0.15, -0.1) is 0 Å². The zero-order chi connectivity index (χ0) is 12.6. The van der Waals surface area contributed by atoms with Crippen LogP contribution in [0.25, 0.3) is 0 Å². The van der Waals surface area contributed by atoms with Crippen molar-refractivity contribution in [3.8, 4) is 0 Å². The molecule has 0 fully saturated rings. The van der Waals surface area contributed by atoms with Crippen molar-refractivity contribution in [1.29, 1.82) is 0 Å². The number of carbonyl (C=O) groups excluding carboxylic acids is 1. The highest BCUT2D eigenvalue weighted by molar-refractivity contribution is 5.76. The zero-order valence-corrected chi connectivity index (χ0v) is 11.4. The maximum absolute atomic E-state index is 11.8. The van der Waals surface area contributed by atoms with E-state index in [1.165, 1.54) is 0 Å². The third-order valence-corrected chi connectivity index (χ3v) is 2.60. The summed E-state index contributed by atoms with van der Waals surface area (Å²) >= 11 is 0. The molecule has 1 N–H and O–H groups in total. The first-order valence-electron chi connectivity index (χ1n) is 6.42. The summed E-state index contributed by atoms with van der Waals surface area (Å²) in [5.74, 6) is 0.776. The van der Waals surface area contributed by atoms with Crippen molar-refractivity contribution in [2.45, 2.75) is 53.5 Å². The number of nitrogens with one attached hydrogen (secondary N) is 1. The van der Waals surface area contributed by atoms with Crippen molar-refractivity contribution < 1.29 is 9.53 Å². The van der Waals surface area contributed by atoms with Crippen LogP contribution in [0, 0.1) is 11.8 Å². The standard InChI is InChI=1S/C13H27NO2/c1-6-8-11(5)12(13(15)16-7-2)14-9-10(3)4/h10-12,14H,6-9H2,1-5H3. The minimum absolute atomic E-state index is 0.107. The van der Waals surface area contributed by atoms with Crippen molar-refractivity contribution in [2.24, 2.45) is 11.8 Å². The van der Waals surface area contributed by atoms with Crippen LogP contribution in [-0.2, 0) is 9.53 Å². The van der Waals surface area contributed by atoms with Crippen molar-refractivity contribution in [1.82, 2.24) is 5.32 Å². The molecule has 0 saturated carbocycles. The Labute approximate surface area is 99.9 Å². The lowest BCUT2D eigenvalue weighted by Gasteiger charge is -2.24. The van der Waals surface area contributed by atoms with Crippen LogP contribution in [0.1, 0.15) is 47.5 Å². The molecule has 0 aliphatic carbocycles. The maximum Gasteiger partial charge on any atom is 0.323 e. The van der Waals surface area contributed by atoms with Crippen LogP contribution in [0.2, 0.25) is 0 Å². The van der Waals surface area contributed by atoms with E-state index in [1.54, 1.807) is 0 Å². The molecule has 96 valence electrons. The van der Waals surface area contributed by atoms with E-state index < -0.39 is 0 Å². The lowest BCUT2D eigenvalue weighted by Crippen LogP contribution is -2.44. The van der Waals surface area contributed by atoms with Crippen LogP contribution < -0.4 is 5.32 Å². The van der Waals surface area contributed by atoms with Crippen molar-refractivity contribution >= 4 is 5.97 Å². The molecule has 3 heteroatoms. The number of carbonyl (C=O) groups is 1. The van der Waals surface area contributed by atoms with Gasteiger partial charge in [0.15, 0.2) is 0 Å². The van der Waals surface area contributed by atoms with Gasteiger partial charge in [0.25, 0.3) is 0 Å². The molecular formula is C13H27NO2. The Balaban J connectivity index is 4.30. The molecule has 0 heterocycles. The number of hydrogen-bond acceptors (Lipinski definition) is 3. The van der Waals surface area contributed by atoms with E-state index >= 15 is 0 Å². The van der Waals surface area contributed by atoms with Crippen molar-refractivity contribution in [3.05, 3.63) is 0 Å². The average Bonchev–Trinajstić information content (AvgIpc) is 2.18. The van der Waals surface area contributed by atoms with E-state index in [2.05, 4.69) is 33.0 Å². The topological polar surface area (TPSA) is 38.3 Å². The van der Waals surface area contributed by atoms with E-state index in [-0.39, 0.29) is 12.0 Å². The molecule has 0 amide bonds. The Morgan fingerprint density at radius 1 is 1.25 bits per heavy atom. The van der Waals surface area contributed by atoms with Gasteiger partial charge in [0.05, 0.1) is 6.61 Å². The van der Waals surface area contributed by atoms with Gasteiger partial charge in [-0.3, -0.25) is 4.79 Å². The van der Waals surface area contributed by atoms with Gasteiger partial charge in [-0.1, -0.05) is 34.1 Å². The highest BCUT2D eigenvalue weighted by Gasteiger charge is 2.25. The molecule has 0 aromatic carbocycles. The average molecular weight is 229 g/mol. The monoisotopic (exact) mass is 229 g/mol. The predicted molar refractivity (Wildman–Crippen MR) is 67.3 cm³/mol. The highest BCUT2D eigenvalue weighted by atomic mass is 16.5. The van der Waals surface area contributed by atoms with Crippen molar-refractivity contribution in [2.75, 3.05) is 13.2 Å². The molecule has 0 rings (SSSR count). The van der Waals surface area contributed by atoms with E-state index in [0.29, 0.717) is 18.4 Å². The molecular weight excluding hydrogens is 202 g/mol. The summed E-state index contributed by atoms with van der Waals surface area (Å²) in [6, 6.07) is -0.151. The van der Waals surface area contributed by atoms with Crippen molar-refractivity contribution in [3.63, 3.8) is 0 Å². The third-order valence-electron chi connectivity index (χ3n) is 2.60. The molecule has 0 aromatic heterocycles. The Kier molecular flexibility index (Phi) is 8.26. The zero-order valence-electron chi connectivity index (χ0n) is 11.4. The first kappa shape index (κ1) is 15.4. The fourth-order valence-corrected chi connectivity index (χ4v) is 1.73. The molecule has 2 unspecified atom stereocenters. The van der Waals surface area contributed by atoms with Crippen LogP contribution >= 0.6 is 0 Å². The fraction of sp³-hybridized carbons (Fsp3) is 0.923. The molecule has 0 spiro atoms. The number of esters is 1. The largest absolute Gasteiger partial charge is 0.465 e. The van der Waals surface area contributed by atoms with Crippen LogP contribution in [0.15, 0.2) is 0 Å². The molecule has 2 atom stereocenters. The first-order valence-corrected chi connectivity index (χ1v) is 6.42. The molecule has 0 aliphatic rings. The first-order chi connectivity index (χ1) is 7.52. The van der Waals surface area contributed by atoms with Gasteiger partial charge in [-0.25, -0.2) is 0 Å². The molecule has 0 aliphatic heterocycles. The van der Waals surface area contributed by atoms with Gasteiger partial charge < -0.3 is 10.1 Å². The Bertz CT molecular complexity index is 192. The second-order valence-electron chi connectivity index (χ2n) is 4.80. The number of hydrogen-bond donors (Lipinski definition) is 1. The molecule has 0 saturated heterocycles. The van der Waals surface area contributed by atoms with Crippen LogP contribution in [0.4, 0.5) is 0 Å². The van der Waals surface area contributed by atoms with E-state index in [4.69, 9.17) is 4.74 Å². The van der Waals surface area contributed by atoms with Crippen LogP contribution in [0.3, 0.4) is 0 Å². The lowest BCUT2D eigenvalue weighted by atomic mass is 9.96. The summed E-state index contributed by atoms with van der Waals surface area (Å²) < 4.78 is 5.10. The van der Waals surface area contributed by atoms with Gasteiger partial charge in [0.2, 0.25) is 0 Å². The quantitative estimate of drug-likeness (QED) is 0.650. The minimum Gasteiger partial charge on any atom is -0.465 e. The third kappa shape index (κ3) is 6.11. The van der Waals surface area contributed by atoms with Crippen LogP contribution in [-0.4, -0.2) is 25.2 Å². The fourth-order valence-electron chi connectivity index (χ4n) is 1.73. The number of rotatable bonds is 8. The Morgan fingerprint density at radius 3 is 2.31 bits per heavy atom. The van der Waals surface area contributed by atoms with Gasteiger partial charge in [-0.2, -0.15) is 0 Å². The van der Waals surface area contributed by atoms with Gasteiger partial charge >= 0.3 is 5.97 Å². The second kappa shape index (κ2) is 8.57. The molecule has 0 aromatic rings. The number of ether oxygens (including phenoxy) is 1. The Hall–Kier alpha value is -0.570. The smallest absolute Gasteiger partial charge is 0.323 e. The predicted octanol–water partition coefficient (Wildman–Crippen LogP) is 2.60. The highest BCUT2D eigenvalue weighted by Crippen LogP contribution is 2.12. The maximum atomic E-state index is 11.8. The molecule has 3 nitrogen and oxygen atoms in total. The summed E-state index contributed by atoms with van der Waals surface area (Å²) in [6.45, 7) is 11.7. The molecule has 0 bridgehead atoms. The summed E-state index contributed by atoms with van der Waals surface area (Å²) in [6.07, 6.45) is 2.15. The van der Waals surface area contributed by atoms with Gasteiger partial charge in [-0.05, 0) is 31.7 Å². The van der Waals surface area contributed by atoms with Gasteiger partial charge in [0.1, 0.15) is 6.04 Å². The lowest BCUT2D eigenvalue weighted by molar-refractivity contribution is -0.147. The van der Waals surface area contributed by atoms with Crippen LogP contribution in [0.5, 0.6) is 0 Å². The summed E-state index contributed by atoms with van der Waals surface area (Å²) in [7, 11) is 0. The minimum atomic E-state index is -0.151. The second-order valence-corrected chi connectivity index (χ2v) is 4.80. The summed E-state index contributed by atoms with van der Waals surface area (Å²) in [5, 5.41) is 3.31. The summed E-state index contributed by atoms with van der Waals surface area (Å²) in [4.78, 5) is 11.8. The van der Waals surface area contributed by atoms with E-state index in [9.17, 15) is 4.79 Å².